The number of aromatic nitrogens is 1. The van der Waals surface area contributed by atoms with Gasteiger partial charge < -0.3 is 5.11 Å². The first-order valence-corrected chi connectivity index (χ1v) is 20.0. The molecule has 0 atom stereocenters. The Morgan fingerprint density at radius 1 is 0.846 bits per heavy atom. The van der Waals surface area contributed by atoms with E-state index in [1.54, 1.807) is 0 Å². The van der Waals surface area contributed by atoms with Crippen LogP contribution in [0.2, 0.25) is 0 Å². The van der Waals surface area contributed by atoms with E-state index in [1.165, 1.54) is 58.1 Å². The van der Waals surface area contributed by atoms with Crippen LogP contribution in [0, 0.1) is 30.7 Å². The fourth-order valence-corrected chi connectivity index (χ4v) is 9.02. The van der Waals surface area contributed by atoms with Crippen LogP contribution in [-0.4, -0.2) is 15.9 Å². The zero-order valence-corrected chi connectivity index (χ0v) is 36.7. The Bertz CT molecular complexity index is 2220. The van der Waals surface area contributed by atoms with Crippen molar-refractivity contribution in [2.45, 2.75) is 107 Å². The van der Waals surface area contributed by atoms with E-state index >= 15 is 0 Å². The number of carbonyl (C=O) groups is 1. The van der Waals surface area contributed by atoms with E-state index in [0.29, 0.717) is 0 Å². The van der Waals surface area contributed by atoms with Crippen LogP contribution < -0.4 is 0 Å². The van der Waals surface area contributed by atoms with E-state index in [2.05, 4.69) is 101 Å². The number of allylic oxidation sites excluding steroid dienone is 2. The second-order valence-corrected chi connectivity index (χ2v) is 17.8. The van der Waals surface area contributed by atoms with Crippen molar-refractivity contribution in [2.24, 2.45) is 10.8 Å². The van der Waals surface area contributed by atoms with Crippen LogP contribution in [0.15, 0.2) is 78.7 Å². The fourth-order valence-electron chi connectivity index (χ4n) is 6.69. The van der Waals surface area contributed by atoms with Crippen molar-refractivity contribution >= 4 is 59.4 Å². The van der Waals surface area contributed by atoms with E-state index < -0.39 is 0 Å². The van der Waals surface area contributed by atoms with Gasteiger partial charge in [-0.25, -0.2) is 0 Å². The molecule has 1 radical (unpaired) electrons. The third-order valence-electron chi connectivity index (χ3n) is 11.2. The third-order valence-corrected chi connectivity index (χ3v) is 13.6. The number of aliphatic hydroxyl groups is 1. The Hall–Kier alpha value is -3.15. The minimum Gasteiger partial charge on any atom is -0.512 e. The number of nitrogens with zero attached hydrogens (tertiary/aromatic N) is 1. The van der Waals surface area contributed by atoms with Gasteiger partial charge in [-0.1, -0.05) is 110 Å². The van der Waals surface area contributed by atoms with Crippen molar-refractivity contribution in [1.82, 2.24) is 4.98 Å². The number of pyridine rings is 1. The zero-order chi connectivity index (χ0) is 37.3. The molecule has 3 nitrogen and oxygen atoms in total. The van der Waals surface area contributed by atoms with E-state index in [9.17, 15) is 9.90 Å². The quantitative estimate of drug-likeness (QED) is 0.0893. The topological polar surface area (TPSA) is 50.2 Å². The molecule has 0 saturated heterocycles. The van der Waals surface area contributed by atoms with Crippen LogP contribution in [0.25, 0.3) is 52.6 Å². The Labute approximate surface area is 333 Å². The fraction of sp³-hybridized carbons (Fsp3) is 0.391. The predicted molar refractivity (Wildman–Crippen MR) is 223 cm³/mol. The molecule has 0 saturated carbocycles. The van der Waals surface area contributed by atoms with Crippen molar-refractivity contribution in [2.75, 3.05) is 0 Å². The molecule has 0 fully saturated rings. The number of benzene rings is 3. The first kappa shape index (κ1) is 41.6. The number of ketones is 1. The van der Waals surface area contributed by atoms with Crippen LogP contribution >= 0.6 is 22.7 Å². The van der Waals surface area contributed by atoms with E-state index in [1.807, 2.05) is 70.4 Å². The second kappa shape index (κ2) is 16.5. The zero-order valence-electron chi connectivity index (χ0n) is 32.7. The van der Waals surface area contributed by atoms with Gasteiger partial charge >= 0.3 is 0 Å². The molecule has 0 aliphatic carbocycles. The summed E-state index contributed by atoms with van der Waals surface area (Å²) in [7, 11) is 0. The van der Waals surface area contributed by atoms with Crippen molar-refractivity contribution in [3.8, 4) is 21.7 Å². The Morgan fingerprint density at radius 2 is 1.50 bits per heavy atom. The van der Waals surface area contributed by atoms with Crippen molar-refractivity contribution < 1.29 is 30.0 Å². The molecule has 6 heteroatoms. The number of aliphatic hydroxyl groups excluding tert-OH is 1. The molecule has 0 amide bonds. The molecule has 0 bridgehead atoms. The Balaban J connectivity index is 0.000000289. The van der Waals surface area contributed by atoms with E-state index in [-0.39, 0.29) is 47.9 Å². The largest absolute Gasteiger partial charge is 0.512 e. The summed E-state index contributed by atoms with van der Waals surface area (Å²) in [4.78, 5) is 19.8. The smallest absolute Gasteiger partial charge is 0.164 e. The second-order valence-electron chi connectivity index (χ2n) is 15.5. The molecule has 3 heterocycles. The Morgan fingerprint density at radius 3 is 2.13 bits per heavy atom. The molecule has 1 N–H and O–H groups in total. The number of hydrogen-bond acceptors (Lipinski definition) is 5. The summed E-state index contributed by atoms with van der Waals surface area (Å²) in [5.74, 6) is 0.286. The van der Waals surface area contributed by atoms with Crippen molar-refractivity contribution in [3.05, 3.63) is 101 Å². The van der Waals surface area contributed by atoms with Crippen LogP contribution in [0.3, 0.4) is 0 Å². The van der Waals surface area contributed by atoms with Gasteiger partial charge in [-0.15, -0.1) is 51.8 Å². The summed E-state index contributed by atoms with van der Waals surface area (Å²) >= 11 is 3.76. The maximum atomic E-state index is 12.2. The SMILES string of the molecule is CCC(C)(CC)C(=O)/C=C(\O)C(C)(CC)CC.Cc1cc2cccc(-c3sc4ccnc(-c5[c-]c6ccccc6c(C(C)(C)C)c5)c4c3C)c2s1.[Ir]. The summed E-state index contributed by atoms with van der Waals surface area (Å²) < 4.78 is 2.65. The molecule has 3 aromatic carbocycles. The van der Waals surface area contributed by atoms with Gasteiger partial charge in [-0.05, 0) is 73.4 Å². The summed E-state index contributed by atoms with van der Waals surface area (Å²) in [6.07, 6.45) is 6.71. The molecule has 0 aliphatic rings. The van der Waals surface area contributed by atoms with Crippen LogP contribution in [0.1, 0.15) is 104 Å². The van der Waals surface area contributed by atoms with Gasteiger partial charge in [0.05, 0.1) is 0 Å². The minimum absolute atomic E-state index is 0. The van der Waals surface area contributed by atoms with Gasteiger partial charge in [0, 0.05) is 73.6 Å². The van der Waals surface area contributed by atoms with Crippen LogP contribution in [-0.2, 0) is 30.3 Å². The number of fused-ring (bicyclic) bond motifs is 3. The standard InChI is InChI=1S/C31H26NS2.C15H28O2.Ir/c1-18-15-21-10-8-12-24(30(21)33-18)29-19(2)27-26(34-29)13-14-32-28(27)22-16-20-9-6-7-11-23(20)25(17-22)31(3,4)5;1-7-14(5,8-2)12(16)11-13(17)15(6,9-3)10-4;/h6-15,17H,1-5H3;11,16H,7-10H2,1-6H3;/q-1;;/b;12-11-;. The van der Waals surface area contributed by atoms with Crippen molar-refractivity contribution in [3.63, 3.8) is 0 Å². The Kier molecular flexibility index (Phi) is 13.2. The van der Waals surface area contributed by atoms with Gasteiger partial charge in [0.2, 0.25) is 0 Å². The summed E-state index contributed by atoms with van der Waals surface area (Å²) in [6.45, 7) is 23.4. The molecule has 0 spiro atoms. The van der Waals surface area contributed by atoms with Gasteiger partial charge in [-0.2, -0.15) is 0 Å². The monoisotopic (exact) mass is 909 g/mol. The first-order valence-electron chi connectivity index (χ1n) is 18.4. The maximum absolute atomic E-state index is 12.2. The molecular weight excluding hydrogens is 855 g/mol. The summed E-state index contributed by atoms with van der Waals surface area (Å²) in [5.41, 5.74) is 5.50. The van der Waals surface area contributed by atoms with Gasteiger partial charge in [0.25, 0.3) is 0 Å². The molecule has 6 aromatic rings. The molecular formula is C46H54IrNO2S2-. The molecule has 0 aliphatic heterocycles. The number of hydrogen-bond donors (Lipinski definition) is 1. The van der Waals surface area contributed by atoms with Gasteiger partial charge in [0.1, 0.15) is 5.76 Å². The minimum atomic E-state index is -0.337. The van der Waals surface area contributed by atoms with E-state index in [0.717, 1.165) is 42.3 Å². The summed E-state index contributed by atoms with van der Waals surface area (Å²) in [5, 5.41) is 15.1. The van der Waals surface area contributed by atoms with Gasteiger partial charge in [0.15, 0.2) is 5.78 Å². The average Bonchev–Trinajstić information content (AvgIpc) is 3.68. The first-order chi connectivity index (χ1) is 24.1. The predicted octanol–water partition coefficient (Wildman–Crippen LogP) is 14.4. The number of rotatable bonds is 9. The normalized spacial score (nSPS) is 12.6. The number of carbonyl (C=O) groups excluding carboxylic acids is 1. The van der Waals surface area contributed by atoms with E-state index in [4.69, 9.17) is 4.98 Å². The van der Waals surface area contributed by atoms with Crippen LogP contribution in [0.5, 0.6) is 0 Å². The van der Waals surface area contributed by atoms with Crippen LogP contribution in [0.4, 0.5) is 0 Å². The maximum Gasteiger partial charge on any atom is 0.164 e. The molecule has 3 aromatic heterocycles. The van der Waals surface area contributed by atoms with Crippen molar-refractivity contribution in [1.29, 1.82) is 0 Å². The molecule has 52 heavy (non-hydrogen) atoms. The number of aryl methyl sites for hydroxylation is 2. The average molecular weight is 909 g/mol. The molecule has 277 valence electrons. The summed E-state index contributed by atoms with van der Waals surface area (Å²) in [6, 6.07) is 25.7. The number of thiophene rings is 2. The van der Waals surface area contributed by atoms with Gasteiger partial charge in [-0.3, -0.25) is 9.78 Å². The molecule has 6 rings (SSSR count). The third kappa shape index (κ3) is 8.16. The molecule has 0 unspecified atom stereocenters.